The van der Waals surface area contributed by atoms with Crippen molar-refractivity contribution in [3.05, 3.63) is 24.0 Å². The van der Waals surface area contributed by atoms with Crippen LogP contribution in [0.4, 0.5) is 0 Å². The molecule has 0 atom stereocenters. The van der Waals surface area contributed by atoms with Crippen molar-refractivity contribution >= 4 is 27.0 Å². The van der Waals surface area contributed by atoms with Crippen molar-refractivity contribution in [2.75, 3.05) is 28.3 Å². The normalized spacial score (nSPS) is 12.1. The lowest BCUT2D eigenvalue weighted by atomic mass is 10.3. The first kappa shape index (κ1) is 18.4. The standard InChI is InChI=1S/C15H22N4O4S/c1-17(2)24(21,22)11-6-7-13-12(10-11)16-14(18(13)3)8-9-15(20)19(4)23-5/h6-7,10H,8-9H2,1-5H3. The minimum Gasteiger partial charge on any atom is -0.331 e. The number of aromatic nitrogens is 2. The summed E-state index contributed by atoms with van der Waals surface area (Å²) in [6.45, 7) is 0. The number of sulfonamides is 1. The van der Waals surface area contributed by atoms with Crippen LogP contribution in [0.3, 0.4) is 0 Å². The summed E-state index contributed by atoms with van der Waals surface area (Å²) in [5.41, 5.74) is 1.40. The fourth-order valence-corrected chi connectivity index (χ4v) is 3.22. The van der Waals surface area contributed by atoms with Crippen LogP contribution in [0.2, 0.25) is 0 Å². The predicted molar refractivity (Wildman–Crippen MR) is 89.7 cm³/mol. The van der Waals surface area contributed by atoms with E-state index in [4.69, 9.17) is 4.84 Å². The first-order valence-corrected chi connectivity index (χ1v) is 8.81. The van der Waals surface area contributed by atoms with Gasteiger partial charge in [-0.05, 0) is 18.2 Å². The molecule has 0 saturated heterocycles. The van der Waals surface area contributed by atoms with Gasteiger partial charge in [-0.1, -0.05) is 0 Å². The quantitative estimate of drug-likeness (QED) is 0.716. The van der Waals surface area contributed by atoms with Crippen LogP contribution in [0.5, 0.6) is 0 Å². The summed E-state index contributed by atoms with van der Waals surface area (Å²) in [7, 11) is 4.29. The van der Waals surface area contributed by atoms with Crippen LogP contribution in [-0.4, -0.2) is 61.5 Å². The molecule has 1 aromatic heterocycles. The molecule has 2 aromatic rings. The summed E-state index contributed by atoms with van der Waals surface area (Å²) in [4.78, 5) is 21.3. The monoisotopic (exact) mass is 354 g/mol. The van der Waals surface area contributed by atoms with E-state index in [2.05, 4.69) is 4.98 Å². The average Bonchev–Trinajstić information content (AvgIpc) is 2.87. The molecule has 1 amide bonds. The van der Waals surface area contributed by atoms with Crippen LogP contribution >= 0.6 is 0 Å². The number of hydrogen-bond acceptors (Lipinski definition) is 5. The van der Waals surface area contributed by atoms with Gasteiger partial charge in [-0.15, -0.1) is 0 Å². The fourth-order valence-electron chi connectivity index (χ4n) is 2.30. The summed E-state index contributed by atoms with van der Waals surface area (Å²) in [6, 6.07) is 4.84. The van der Waals surface area contributed by atoms with Crippen LogP contribution in [-0.2, 0) is 33.1 Å². The number of rotatable bonds is 6. The minimum atomic E-state index is -3.51. The molecule has 0 radical (unpaired) electrons. The Hall–Kier alpha value is -1.97. The number of imidazole rings is 1. The lowest BCUT2D eigenvalue weighted by molar-refractivity contribution is -0.168. The van der Waals surface area contributed by atoms with E-state index >= 15 is 0 Å². The van der Waals surface area contributed by atoms with Gasteiger partial charge in [0, 0.05) is 41.0 Å². The molecule has 0 N–H and O–H groups in total. The molecular weight excluding hydrogens is 332 g/mol. The van der Waals surface area contributed by atoms with Crippen LogP contribution in [0.15, 0.2) is 23.1 Å². The third kappa shape index (κ3) is 3.42. The average molecular weight is 354 g/mol. The molecule has 1 heterocycles. The van der Waals surface area contributed by atoms with Crippen LogP contribution in [0.25, 0.3) is 11.0 Å². The second-order valence-corrected chi connectivity index (χ2v) is 7.75. The van der Waals surface area contributed by atoms with Crippen LogP contribution in [0, 0.1) is 0 Å². The van der Waals surface area contributed by atoms with Crippen LogP contribution in [0.1, 0.15) is 12.2 Å². The van der Waals surface area contributed by atoms with Crippen molar-refractivity contribution in [1.29, 1.82) is 0 Å². The maximum Gasteiger partial charge on any atom is 0.246 e. The van der Waals surface area contributed by atoms with E-state index < -0.39 is 10.0 Å². The smallest absolute Gasteiger partial charge is 0.246 e. The van der Waals surface area contributed by atoms with Gasteiger partial charge in [0.2, 0.25) is 15.9 Å². The predicted octanol–water partition coefficient (Wildman–Crippen LogP) is 0.776. The zero-order valence-electron chi connectivity index (χ0n) is 14.5. The molecule has 0 aliphatic carbocycles. The molecule has 0 aliphatic rings. The maximum atomic E-state index is 12.2. The Morgan fingerprint density at radius 3 is 2.54 bits per heavy atom. The van der Waals surface area contributed by atoms with Gasteiger partial charge in [-0.2, -0.15) is 0 Å². The summed E-state index contributed by atoms with van der Waals surface area (Å²) in [5, 5.41) is 1.17. The zero-order chi connectivity index (χ0) is 18.1. The largest absolute Gasteiger partial charge is 0.331 e. The number of fused-ring (bicyclic) bond motifs is 1. The van der Waals surface area contributed by atoms with E-state index in [9.17, 15) is 13.2 Å². The molecule has 1 aromatic carbocycles. The topological polar surface area (TPSA) is 84.7 Å². The molecule has 0 saturated carbocycles. The lowest BCUT2D eigenvalue weighted by Crippen LogP contribution is -2.25. The maximum absolute atomic E-state index is 12.2. The Morgan fingerprint density at radius 2 is 1.96 bits per heavy atom. The van der Waals surface area contributed by atoms with E-state index in [1.165, 1.54) is 26.3 Å². The molecular formula is C15H22N4O4S. The van der Waals surface area contributed by atoms with Gasteiger partial charge < -0.3 is 4.57 Å². The van der Waals surface area contributed by atoms with Gasteiger partial charge in [-0.3, -0.25) is 9.63 Å². The van der Waals surface area contributed by atoms with Gasteiger partial charge in [0.25, 0.3) is 0 Å². The SMILES string of the molecule is CON(C)C(=O)CCc1nc2cc(S(=O)(=O)N(C)C)ccc2n1C. The number of hydrogen-bond donors (Lipinski definition) is 0. The zero-order valence-corrected chi connectivity index (χ0v) is 15.3. The van der Waals surface area contributed by atoms with Crippen molar-refractivity contribution in [2.45, 2.75) is 17.7 Å². The number of carbonyl (C=O) groups is 1. The van der Waals surface area contributed by atoms with Gasteiger partial charge in [0.1, 0.15) is 5.82 Å². The first-order chi connectivity index (χ1) is 11.2. The molecule has 8 nitrogen and oxygen atoms in total. The molecule has 0 aliphatic heterocycles. The highest BCUT2D eigenvalue weighted by Gasteiger charge is 2.19. The van der Waals surface area contributed by atoms with Crippen molar-refractivity contribution < 1.29 is 18.0 Å². The summed E-state index contributed by atoms with van der Waals surface area (Å²) < 4.78 is 27.5. The van der Waals surface area contributed by atoms with Gasteiger partial charge in [0.05, 0.1) is 23.0 Å². The molecule has 132 valence electrons. The van der Waals surface area contributed by atoms with E-state index in [1.54, 1.807) is 25.2 Å². The number of carbonyl (C=O) groups excluding carboxylic acids is 1. The van der Waals surface area contributed by atoms with Gasteiger partial charge >= 0.3 is 0 Å². The third-order valence-corrected chi connectivity index (χ3v) is 5.72. The van der Waals surface area contributed by atoms with Crippen molar-refractivity contribution in [3.8, 4) is 0 Å². The van der Waals surface area contributed by atoms with Crippen molar-refractivity contribution in [1.82, 2.24) is 18.9 Å². The van der Waals surface area contributed by atoms with E-state index in [0.717, 1.165) is 9.82 Å². The number of hydroxylamine groups is 2. The Balaban J connectivity index is 2.32. The highest BCUT2D eigenvalue weighted by Crippen LogP contribution is 2.21. The van der Waals surface area contributed by atoms with E-state index in [0.29, 0.717) is 17.8 Å². The Kier molecular flexibility index (Phi) is 5.26. The Bertz CT molecular complexity index is 858. The number of amides is 1. The minimum absolute atomic E-state index is 0.152. The third-order valence-electron chi connectivity index (χ3n) is 3.91. The van der Waals surface area contributed by atoms with E-state index in [-0.39, 0.29) is 17.2 Å². The highest BCUT2D eigenvalue weighted by atomic mass is 32.2. The summed E-state index contributed by atoms with van der Waals surface area (Å²) in [6.07, 6.45) is 0.692. The van der Waals surface area contributed by atoms with Gasteiger partial charge in [-0.25, -0.2) is 22.8 Å². The van der Waals surface area contributed by atoms with Crippen molar-refractivity contribution in [2.24, 2.45) is 7.05 Å². The summed E-state index contributed by atoms with van der Waals surface area (Å²) >= 11 is 0. The first-order valence-electron chi connectivity index (χ1n) is 7.37. The fraction of sp³-hybridized carbons (Fsp3) is 0.467. The summed E-state index contributed by atoms with van der Waals surface area (Å²) in [5.74, 6) is 0.558. The molecule has 0 unspecified atom stereocenters. The molecule has 0 fully saturated rings. The molecule has 2 rings (SSSR count). The molecule has 9 heteroatoms. The second-order valence-electron chi connectivity index (χ2n) is 5.60. The lowest BCUT2D eigenvalue weighted by Gasteiger charge is -2.13. The van der Waals surface area contributed by atoms with Crippen molar-refractivity contribution in [3.63, 3.8) is 0 Å². The molecule has 0 spiro atoms. The second kappa shape index (κ2) is 6.88. The highest BCUT2D eigenvalue weighted by molar-refractivity contribution is 7.89. The van der Waals surface area contributed by atoms with Gasteiger partial charge in [0.15, 0.2) is 0 Å². The Morgan fingerprint density at radius 1 is 1.29 bits per heavy atom. The number of nitrogens with zero attached hydrogens (tertiary/aromatic N) is 4. The van der Waals surface area contributed by atoms with E-state index in [1.807, 2.05) is 11.6 Å². The van der Waals surface area contributed by atoms with Crippen LogP contribution < -0.4 is 0 Å². The molecule has 24 heavy (non-hydrogen) atoms. The number of aryl methyl sites for hydroxylation is 2. The molecule has 0 bridgehead atoms. The Labute approximate surface area is 141 Å². The number of benzene rings is 1.